The van der Waals surface area contributed by atoms with Crippen molar-refractivity contribution in [1.82, 2.24) is 20.2 Å². The third-order valence-electron chi connectivity index (χ3n) is 6.22. The van der Waals surface area contributed by atoms with Crippen LogP contribution in [0.2, 0.25) is 5.15 Å². The molecule has 8 nitrogen and oxygen atoms in total. The molecule has 0 spiro atoms. The van der Waals surface area contributed by atoms with Crippen LogP contribution in [0.15, 0.2) is 53.7 Å². The van der Waals surface area contributed by atoms with E-state index in [4.69, 9.17) is 26.1 Å². The minimum atomic E-state index is -0.102. The fraction of sp³-hybridized carbons (Fsp3) is 0.370. The summed E-state index contributed by atoms with van der Waals surface area (Å²) >= 11 is 7.82. The molecule has 1 saturated heterocycles. The van der Waals surface area contributed by atoms with Gasteiger partial charge in [-0.15, -0.1) is 0 Å². The predicted octanol–water partition coefficient (Wildman–Crippen LogP) is 4.16. The summed E-state index contributed by atoms with van der Waals surface area (Å²) in [6.07, 6.45) is 0.691. The molecule has 0 unspecified atom stereocenters. The minimum absolute atomic E-state index is 0.102. The first-order valence-electron chi connectivity index (χ1n) is 12.1. The Morgan fingerprint density at radius 3 is 2.38 bits per heavy atom. The zero-order valence-corrected chi connectivity index (χ0v) is 22.9. The fourth-order valence-electron chi connectivity index (χ4n) is 4.01. The highest BCUT2D eigenvalue weighted by molar-refractivity contribution is 7.98. The first kappa shape index (κ1) is 27.0. The minimum Gasteiger partial charge on any atom is -0.493 e. The van der Waals surface area contributed by atoms with Gasteiger partial charge < -0.3 is 24.6 Å². The van der Waals surface area contributed by atoms with Crippen LogP contribution >= 0.6 is 23.4 Å². The highest BCUT2D eigenvalue weighted by Gasteiger charge is 2.17. The van der Waals surface area contributed by atoms with Gasteiger partial charge in [-0.05, 0) is 48.9 Å². The van der Waals surface area contributed by atoms with Gasteiger partial charge in [-0.2, -0.15) is 0 Å². The number of methoxy groups -OCH3 is 2. The van der Waals surface area contributed by atoms with E-state index in [9.17, 15) is 4.79 Å². The number of hydrogen-bond acceptors (Lipinski definition) is 8. The topological polar surface area (TPSA) is 79.8 Å². The summed E-state index contributed by atoms with van der Waals surface area (Å²) in [6, 6.07) is 15.2. The molecule has 37 heavy (non-hydrogen) atoms. The quantitative estimate of drug-likeness (QED) is 0.233. The van der Waals surface area contributed by atoms with E-state index < -0.39 is 0 Å². The second kappa shape index (κ2) is 13.0. The molecule has 0 saturated carbocycles. The van der Waals surface area contributed by atoms with Crippen LogP contribution in [-0.4, -0.2) is 74.8 Å². The van der Waals surface area contributed by atoms with Crippen LogP contribution in [0.25, 0.3) is 0 Å². The summed E-state index contributed by atoms with van der Waals surface area (Å²) in [5.74, 6) is 2.82. The SMILES string of the molecule is COc1ccc(CCNC(=O)c2ccc(CSc3nc(Cl)cc(N4CCN(C)CC4)n3)cc2)cc1OC. The maximum atomic E-state index is 12.6. The molecule has 10 heteroatoms. The first-order chi connectivity index (χ1) is 17.9. The van der Waals surface area contributed by atoms with Crippen molar-refractivity contribution in [2.75, 3.05) is 58.9 Å². The lowest BCUT2D eigenvalue weighted by atomic mass is 10.1. The lowest BCUT2D eigenvalue weighted by Gasteiger charge is -2.33. The summed E-state index contributed by atoms with van der Waals surface area (Å²) in [5, 5.41) is 4.08. The molecule has 3 aromatic rings. The maximum absolute atomic E-state index is 12.6. The molecule has 1 N–H and O–H groups in total. The molecule has 1 fully saturated rings. The zero-order valence-electron chi connectivity index (χ0n) is 21.4. The molecule has 1 aliphatic rings. The average molecular weight is 542 g/mol. The molecule has 0 radical (unpaired) electrons. The van der Waals surface area contributed by atoms with Gasteiger partial charge in [0.2, 0.25) is 0 Å². The van der Waals surface area contributed by atoms with Crippen LogP contribution in [0.3, 0.4) is 0 Å². The Morgan fingerprint density at radius 2 is 1.68 bits per heavy atom. The van der Waals surface area contributed by atoms with Crippen LogP contribution in [0.5, 0.6) is 11.5 Å². The third-order valence-corrected chi connectivity index (χ3v) is 7.33. The van der Waals surface area contributed by atoms with Crippen molar-refractivity contribution in [2.24, 2.45) is 0 Å². The number of ether oxygens (including phenoxy) is 2. The van der Waals surface area contributed by atoms with Gasteiger partial charge in [0.1, 0.15) is 11.0 Å². The number of anilines is 1. The third kappa shape index (κ3) is 7.50. The Labute approximate surface area is 227 Å². The van der Waals surface area contributed by atoms with Gasteiger partial charge in [0.05, 0.1) is 14.2 Å². The summed E-state index contributed by atoms with van der Waals surface area (Å²) in [4.78, 5) is 26.2. The summed E-state index contributed by atoms with van der Waals surface area (Å²) < 4.78 is 10.6. The molecule has 2 aromatic carbocycles. The van der Waals surface area contributed by atoms with Crippen molar-refractivity contribution in [3.8, 4) is 11.5 Å². The average Bonchev–Trinajstić information content (AvgIpc) is 2.92. The van der Waals surface area contributed by atoms with Crippen LogP contribution in [0.1, 0.15) is 21.5 Å². The largest absolute Gasteiger partial charge is 0.493 e. The Bertz CT molecular complexity index is 1200. The Kier molecular flexibility index (Phi) is 9.49. The number of amides is 1. The molecule has 0 bridgehead atoms. The Hall–Kier alpha value is -3.01. The standard InChI is InChI=1S/C27H32ClN5O3S/c1-32-12-14-33(15-13-32)25-17-24(28)30-27(31-25)37-18-20-4-7-21(8-5-20)26(34)29-11-10-19-6-9-22(35-2)23(16-19)36-3/h4-9,16-17H,10-15,18H2,1-3H3,(H,29,34). The molecule has 0 aliphatic carbocycles. The van der Waals surface area contributed by atoms with Crippen LogP contribution in [0.4, 0.5) is 5.82 Å². The molecule has 2 heterocycles. The van der Waals surface area contributed by atoms with E-state index in [0.717, 1.165) is 43.1 Å². The van der Waals surface area contributed by atoms with E-state index in [-0.39, 0.29) is 5.91 Å². The number of carbonyl (C=O) groups is 1. The fourth-order valence-corrected chi connectivity index (χ4v) is 5.04. The number of benzene rings is 2. The van der Waals surface area contributed by atoms with Crippen LogP contribution in [-0.2, 0) is 12.2 Å². The van der Waals surface area contributed by atoms with Crippen molar-refractivity contribution in [3.63, 3.8) is 0 Å². The van der Waals surface area contributed by atoms with Gasteiger partial charge in [0, 0.05) is 50.1 Å². The van der Waals surface area contributed by atoms with Gasteiger partial charge in [-0.25, -0.2) is 9.97 Å². The number of halogens is 1. The number of carbonyl (C=O) groups excluding carboxylic acids is 1. The molecule has 0 atom stereocenters. The Morgan fingerprint density at radius 1 is 0.973 bits per heavy atom. The van der Waals surface area contributed by atoms with Crippen molar-refractivity contribution >= 4 is 35.1 Å². The van der Waals surface area contributed by atoms with Crippen LogP contribution < -0.4 is 19.7 Å². The van der Waals surface area contributed by atoms with Gasteiger partial charge >= 0.3 is 0 Å². The molecule has 4 rings (SSSR count). The number of nitrogens with one attached hydrogen (secondary N) is 1. The van der Waals surface area contributed by atoms with Gasteiger partial charge in [0.15, 0.2) is 16.7 Å². The Balaban J connectivity index is 1.27. The summed E-state index contributed by atoms with van der Waals surface area (Å²) in [5.41, 5.74) is 2.76. The second-order valence-corrected chi connectivity index (χ2v) is 10.1. The maximum Gasteiger partial charge on any atom is 0.251 e. The highest BCUT2D eigenvalue weighted by Crippen LogP contribution is 2.28. The number of hydrogen-bond donors (Lipinski definition) is 1. The summed E-state index contributed by atoms with van der Waals surface area (Å²) in [6.45, 7) is 4.37. The van der Waals surface area contributed by atoms with E-state index >= 15 is 0 Å². The number of piperazine rings is 1. The molecule has 1 aliphatic heterocycles. The second-order valence-electron chi connectivity index (χ2n) is 8.80. The van der Waals surface area contributed by atoms with E-state index in [1.54, 1.807) is 14.2 Å². The molecular formula is C27H32ClN5O3S. The van der Waals surface area contributed by atoms with E-state index in [2.05, 4.69) is 27.1 Å². The molecule has 1 aromatic heterocycles. The van der Waals surface area contributed by atoms with Crippen molar-refractivity contribution in [2.45, 2.75) is 17.3 Å². The lowest BCUT2D eigenvalue weighted by Crippen LogP contribution is -2.44. The number of thioether (sulfide) groups is 1. The number of likely N-dealkylation sites (N-methyl/N-ethyl adjacent to an activating group) is 1. The van der Waals surface area contributed by atoms with Crippen LogP contribution in [0, 0.1) is 0 Å². The van der Waals surface area contributed by atoms with Gasteiger partial charge in [0.25, 0.3) is 5.91 Å². The van der Waals surface area contributed by atoms with E-state index in [1.165, 1.54) is 11.8 Å². The van der Waals surface area contributed by atoms with Gasteiger partial charge in [-0.1, -0.05) is 41.6 Å². The van der Waals surface area contributed by atoms with E-state index in [0.29, 0.717) is 46.1 Å². The number of aromatic nitrogens is 2. The zero-order chi connectivity index (χ0) is 26.2. The lowest BCUT2D eigenvalue weighted by molar-refractivity contribution is 0.0954. The number of nitrogens with zero attached hydrogens (tertiary/aromatic N) is 4. The van der Waals surface area contributed by atoms with Crippen molar-refractivity contribution in [3.05, 3.63) is 70.4 Å². The smallest absolute Gasteiger partial charge is 0.251 e. The van der Waals surface area contributed by atoms with Gasteiger partial charge in [-0.3, -0.25) is 4.79 Å². The summed E-state index contributed by atoms with van der Waals surface area (Å²) in [7, 11) is 5.35. The highest BCUT2D eigenvalue weighted by atomic mass is 35.5. The first-order valence-corrected chi connectivity index (χ1v) is 13.5. The van der Waals surface area contributed by atoms with E-state index in [1.807, 2.05) is 48.5 Å². The molecular weight excluding hydrogens is 510 g/mol. The molecule has 196 valence electrons. The normalized spacial score (nSPS) is 13.9. The van der Waals surface area contributed by atoms with Crippen molar-refractivity contribution < 1.29 is 14.3 Å². The van der Waals surface area contributed by atoms with Crippen molar-refractivity contribution in [1.29, 1.82) is 0 Å². The number of rotatable bonds is 10. The molecule has 1 amide bonds. The monoisotopic (exact) mass is 541 g/mol. The predicted molar refractivity (Wildman–Crippen MR) is 148 cm³/mol.